The van der Waals surface area contributed by atoms with E-state index in [1.807, 2.05) is 0 Å². The number of halogens is 1. The van der Waals surface area contributed by atoms with Crippen molar-refractivity contribution in [3.63, 3.8) is 0 Å². The lowest BCUT2D eigenvalue weighted by atomic mass is 10.0. The second kappa shape index (κ2) is 4.19. The van der Waals surface area contributed by atoms with Gasteiger partial charge in [0.2, 0.25) is 0 Å². The van der Waals surface area contributed by atoms with Gasteiger partial charge in [0.05, 0.1) is 5.56 Å². The van der Waals surface area contributed by atoms with Gasteiger partial charge >= 0.3 is 5.97 Å². The van der Waals surface area contributed by atoms with E-state index < -0.39 is 11.8 Å². The van der Waals surface area contributed by atoms with Crippen LogP contribution in [0, 0.1) is 12.7 Å². The molecule has 0 radical (unpaired) electrons. The first-order valence-corrected chi connectivity index (χ1v) is 4.19. The van der Waals surface area contributed by atoms with E-state index >= 15 is 0 Å². The molecule has 0 aliphatic rings. The Hall–Kier alpha value is -1.42. The highest BCUT2D eigenvalue weighted by atomic mass is 19.1. The summed E-state index contributed by atoms with van der Waals surface area (Å²) in [6.07, 6.45) is 0.261. The lowest BCUT2D eigenvalue weighted by molar-refractivity contribution is 0.0695. The van der Waals surface area contributed by atoms with Gasteiger partial charge < -0.3 is 10.2 Å². The van der Waals surface area contributed by atoms with Crippen LogP contribution in [0.4, 0.5) is 4.39 Å². The van der Waals surface area contributed by atoms with Crippen molar-refractivity contribution >= 4 is 5.97 Å². The van der Waals surface area contributed by atoms with Gasteiger partial charge in [-0.1, -0.05) is 0 Å². The summed E-state index contributed by atoms with van der Waals surface area (Å²) in [7, 11) is 0. The minimum Gasteiger partial charge on any atom is -0.478 e. The summed E-state index contributed by atoms with van der Waals surface area (Å²) in [5.74, 6) is -1.70. The Balaban J connectivity index is 3.21. The van der Waals surface area contributed by atoms with Crippen LogP contribution in [0.5, 0.6) is 0 Å². The van der Waals surface area contributed by atoms with E-state index in [1.165, 1.54) is 19.1 Å². The monoisotopic (exact) mass is 198 g/mol. The molecule has 76 valence electrons. The van der Waals surface area contributed by atoms with Crippen molar-refractivity contribution in [3.8, 4) is 0 Å². The van der Waals surface area contributed by atoms with E-state index in [9.17, 15) is 9.18 Å². The third-order valence-electron chi connectivity index (χ3n) is 2.03. The molecule has 0 amide bonds. The molecule has 1 rings (SSSR count). The van der Waals surface area contributed by atoms with Gasteiger partial charge in [0.1, 0.15) is 5.82 Å². The number of carbonyl (C=O) groups is 1. The lowest BCUT2D eigenvalue weighted by Crippen LogP contribution is -2.04. The summed E-state index contributed by atoms with van der Waals surface area (Å²) in [6.45, 7) is 1.29. The zero-order chi connectivity index (χ0) is 10.7. The van der Waals surface area contributed by atoms with Crippen LogP contribution in [-0.4, -0.2) is 22.8 Å². The molecule has 0 aliphatic heterocycles. The van der Waals surface area contributed by atoms with Crippen LogP contribution in [0.3, 0.4) is 0 Å². The zero-order valence-corrected chi connectivity index (χ0v) is 7.75. The van der Waals surface area contributed by atoms with Gasteiger partial charge in [-0.3, -0.25) is 0 Å². The molecule has 0 saturated carbocycles. The maximum Gasteiger partial charge on any atom is 0.336 e. The van der Waals surface area contributed by atoms with E-state index in [0.717, 1.165) is 0 Å². The molecule has 1 aromatic rings. The number of carboxylic acids is 1. The minimum absolute atomic E-state index is 0.0477. The summed E-state index contributed by atoms with van der Waals surface area (Å²) in [6, 6.07) is 2.63. The second-order valence-corrected chi connectivity index (χ2v) is 3.03. The molecule has 14 heavy (non-hydrogen) atoms. The standard InChI is InChI=1S/C10H11FO3/c1-6-8(10(13)14)4-7(2-3-12)5-9(6)11/h4-5,12H,2-3H2,1H3,(H,13,14). The van der Waals surface area contributed by atoms with Crippen LogP contribution >= 0.6 is 0 Å². The van der Waals surface area contributed by atoms with E-state index in [4.69, 9.17) is 10.2 Å². The number of benzene rings is 1. The van der Waals surface area contributed by atoms with Gasteiger partial charge in [0, 0.05) is 6.61 Å². The highest BCUT2D eigenvalue weighted by Crippen LogP contribution is 2.16. The summed E-state index contributed by atoms with van der Waals surface area (Å²) in [4.78, 5) is 10.7. The Morgan fingerprint density at radius 3 is 2.64 bits per heavy atom. The first-order chi connectivity index (χ1) is 6.56. The van der Waals surface area contributed by atoms with Crippen LogP contribution in [0.2, 0.25) is 0 Å². The normalized spacial score (nSPS) is 10.2. The lowest BCUT2D eigenvalue weighted by Gasteiger charge is -2.05. The van der Waals surface area contributed by atoms with E-state index in [-0.39, 0.29) is 24.2 Å². The van der Waals surface area contributed by atoms with Crippen LogP contribution in [-0.2, 0) is 6.42 Å². The van der Waals surface area contributed by atoms with Gasteiger partial charge in [-0.2, -0.15) is 0 Å². The number of aliphatic hydroxyl groups excluding tert-OH is 1. The Morgan fingerprint density at radius 2 is 2.14 bits per heavy atom. The van der Waals surface area contributed by atoms with Gasteiger partial charge in [-0.15, -0.1) is 0 Å². The summed E-state index contributed by atoms with van der Waals surface area (Å²) in [5.41, 5.74) is 0.570. The second-order valence-electron chi connectivity index (χ2n) is 3.03. The number of hydrogen-bond acceptors (Lipinski definition) is 2. The average molecular weight is 198 g/mol. The zero-order valence-electron chi connectivity index (χ0n) is 7.75. The van der Waals surface area contributed by atoms with Gasteiger partial charge in [0.25, 0.3) is 0 Å². The Morgan fingerprint density at radius 1 is 1.50 bits per heavy atom. The molecule has 0 aliphatic carbocycles. The molecule has 0 saturated heterocycles. The fourth-order valence-corrected chi connectivity index (χ4v) is 1.23. The molecular weight excluding hydrogens is 187 g/mol. The maximum atomic E-state index is 13.2. The fraction of sp³-hybridized carbons (Fsp3) is 0.300. The molecule has 3 nitrogen and oxygen atoms in total. The summed E-state index contributed by atoms with van der Waals surface area (Å²) >= 11 is 0. The number of aromatic carboxylic acids is 1. The Kier molecular flexibility index (Phi) is 3.19. The molecule has 1 aromatic carbocycles. The smallest absolute Gasteiger partial charge is 0.336 e. The van der Waals surface area contributed by atoms with Crippen molar-refractivity contribution in [1.82, 2.24) is 0 Å². The fourth-order valence-electron chi connectivity index (χ4n) is 1.23. The maximum absolute atomic E-state index is 13.2. The van der Waals surface area contributed by atoms with Gasteiger partial charge in [0.15, 0.2) is 0 Å². The number of carboxylic acid groups (broad SMARTS) is 1. The molecule has 0 aromatic heterocycles. The highest BCUT2D eigenvalue weighted by Gasteiger charge is 2.12. The highest BCUT2D eigenvalue weighted by molar-refractivity contribution is 5.89. The molecular formula is C10H11FO3. The van der Waals surface area contributed by atoms with Crippen LogP contribution < -0.4 is 0 Å². The van der Waals surface area contributed by atoms with Gasteiger partial charge in [-0.25, -0.2) is 9.18 Å². The largest absolute Gasteiger partial charge is 0.478 e. The Labute approximate surface area is 80.8 Å². The van der Waals surface area contributed by atoms with E-state index in [1.54, 1.807) is 0 Å². The Bertz CT molecular complexity index is 361. The molecule has 0 bridgehead atoms. The molecule has 0 spiro atoms. The van der Waals surface area contributed by atoms with E-state index in [2.05, 4.69) is 0 Å². The number of aliphatic hydroxyl groups is 1. The van der Waals surface area contributed by atoms with Crippen molar-refractivity contribution in [3.05, 3.63) is 34.6 Å². The van der Waals surface area contributed by atoms with Crippen LogP contribution in [0.1, 0.15) is 21.5 Å². The van der Waals surface area contributed by atoms with Crippen molar-refractivity contribution in [2.45, 2.75) is 13.3 Å². The molecule has 2 N–H and O–H groups in total. The van der Waals surface area contributed by atoms with Crippen molar-refractivity contribution in [1.29, 1.82) is 0 Å². The van der Waals surface area contributed by atoms with Gasteiger partial charge in [-0.05, 0) is 36.6 Å². The molecule has 0 atom stereocenters. The first kappa shape index (κ1) is 10.7. The summed E-state index contributed by atoms with van der Waals surface area (Å²) in [5, 5.41) is 17.4. The average Bonchev–Trinajstić information content (AvgIpc) is 2.11. The predicted molar refractivity (Wildman–Crippen MR) is 48.9 cm³/mol. The SMILES string of the molecule is Cc1c(F)cc(CCO)cc1C(=O)O. The number of hydrogen-bond donors (Lipinski definition) is 2. The topological polar surface area (TPSA) is 57.5 Å². The van der Waals surface area contributed by atoms with Crippen molar-refractivity contribution in [2.75, 3.05) is 6.61 Å². The predicted octanol–water partition coefficient (Wildman–Crippen LogP) is 1.37. The van der Waals surface area contributed by atoms with Crippen LogP contribution in [0.15, 0.2) is 12.1 Å². The van der Waals surface area contributed by atoms with Crippen molar-refractivity contribution in [2.24, 2.45) is 0 Å². The molecule has 0 unspecified atom stereocenters. The molecule has 4 heteroatoms. The third-order valence-corrected chi connectivity index (χ3v) is 2.03. The number of rotatable bonds is 3. The molecule has 0 fully saturated rings. The quantitative estimate of drug-likeness (QED) is 0.771. The summed E-state index contributed by atoms with van der Waals surface area (Å²) < 4.78 is 13.2. The first-order valence-electron chi connectivity index (χ1n) is 4.19. The van der Waals surface area contributed by atoms with Crippen LogP contribution in [0.25, 0.3) is 0 Å². The minimum atomic E-state index is -1.15. The van der Waals surface area contributed by atoms with Crippen molar-refractivity contribution < 1.29 is 19.4 Å². The van der Waals surface area contributed by atoms with E-state index in [0.29, 0.717) is 5.56 Å². The third kappa shape index (κ3) is 2.09. The molecule has 0 heterocycles.